The van der Waals surface area contributed by atoms with Gasteiger partial charge in [0.15, 0.2) is 0 Å². The van der Waals surface area contributed by atoms with Crippen molar-refractivity contribution < 1.29 is 9.84 Å². The number of aromatic nitrogens is 1. The molecule has 0 saturated carbocycles. The lowest BCUT2D eigenvalue weighted by Crippen LogP contribution is -2.31. The Hall–Kier alpha value is -0.950. The number of aliphatic hydroxyl groups is 1. The molecular weight excluding hydrogens is 288 g/mol. The number of allylic oxidation sites excluding steroid dienone is 2. The summed E-state index contributed by atoms with van der Waals surface area (Å²) >= 11 is 1.15. The molecule has 1 aliphatic rings. The van der Waals surface area contributed by atoms with Gasteiger partial charge in [0, 0.05) is 24.2 Å². The maximum absolute atomic E-state index is 11.0. The van der Waals surface area contributed by atoms with E-state index in [1.165, 1.54) is 0 Å². The van der Waals surface area contributed by atoms with Gasteiger partial charge in [0.1, 0.15) is 0 Å². The van der Waals surface area contributed by atoms with E-state index in [0.717, 1.165) is 29.9 Å². The lowest BCUT2D eigenvalue weighted by Gasteiger charge is -2.25. The van der Waals surface area contributed by atoms with Crippen molar-refractivity contribution in [2.45, 2.75) is 32.4 Å². The summed E-state index contributed by atoms with van der Waals surface area (Å²) in [5.74, 6) is 1.21. The van der Waals surface area contributed by atoms with Crippen LogP contribution < -0.4 is 10.2 Å². The van der Waals surface area contributed by atoms with E-state index in [2.05, 4.69) is 29.4 Å². The predicted molar refractivity (Wildman–Crippen MR) is 84.5 cm³/mol. The minimum atomic E-state index is -0.523. The monoisotopic (exact) mass is 312 g/mol. The number of hydrogen-bond acceptors (Lipinski definition) is 5. The summed E-state index contributed by atoms with van der Waals surface area (Å²) in [6.45, 7) is 4.32. The molecule has 0 fully saturated rings. The van der Waals surface area contributed by atoms with Gasteiger partial charge in [-0.2, -0.15) is 0 Å². The highest BCUT2D eigenvalue weighted by molar-refractivity contribution is 7.07. The molecule has 3 unspecified atom stereocenters. The molecule has 0 amide bonds. The molecule has 5 nitrogen and oxygen atoms in total. The van der Waals surface area contributed by atoms with Crippen molar-refractivity contribution in [1.82, 2.24) is 10.3 Å². The molecule has 21 heavy (non-hydrogen) atoms. The first-order valence-electron chi connectivity index (χ1n) is 7.43. The summed E-state index contributed by atoms with van der Waals surface area (Å²) < 4.78 is 5.63. The maximum Gasteiger partial charge on any atom is 0.304 e. The third kappa shape index (κ3) is 5.74. The van der Waals surface area contributed by atoms with Crippen molar-refractivity contribution in [3.8, 4) is 0 Å². The molecule has 118 valence electrons. The Kier molecular flexibility index (Phi) is 6.63. The van der Waals surface area contributed by atoms with Crippen LogP contribution in [-0.2, 0) is 11.3 Å². The van der Waals surface area contributed by atoms with E-state index in [9.17, 15) is 9.90 Å². The molecule has 3 N–H and O–H groups in total. The fourth-order valence-corrected chi connectivity index (χ4v) is 3.01. The van der Waals surface area contributed by atoms with E-state index in [-0.39, 0.29) is 4.87 Å². The average molecular weight is 312 g/mol. The molecule has 1 heterocycles. The zero-order valence-electron chi connectivity index (χ0n) is 12.4. The summed E-state index contributed by atoms with van der Waals surface area (Å²) in [5, 5.41) is 14.8. The van der Waals surface area contributed by atoms with Gasteiger partial charge in [-0.15, -0.1) is 0 Å². The van der Waals surface area contributed by atoms with Crippen LogP contribution in [0.1, 0.15) is 25.5 Å². The molecule has 0 radical (unpaired) electrons. The van der Waals surface area contributed by atoms with Crippen molar-refractivity contribution in [3.63, 3.8) is 0 Å². The van der Waals surface area contributed by atoms with Crippen LogP contribution in [0.2, 0.25) is 0 Å². The number of hydrogen-bond donors (Lipinski definition) is 3. The molecule has 1 aliphatic carbocycles. The number of rotatable bonds is 8. The van der Waals surface area contributed by atoms with Crippen LogP contribution in [0.4, 0.5) is 0 Å². The molecular formula is C15H24N2O3S. The van der Waals surface area contributed by atoms with Crippen LogP contribution in [0, 0.1) is 11.8 Å². The number of H-pyrrole nitrogens is 1. The van der Waals surface area contributed by atoms with Gasteiger partial charge in [-0.05, 0) is 24.7 Å². The maximum atomic E-state index is 11.0. The van der Waals surface area contributed by atoms with Gasteiger partial charge in [0.05, 0.1) is 19.3 Å². The molecule has 3 atom stereocenters. The number of aliphatic hydroxyl groups excluding tert-OH is 1. The second-order valence-corrected chi connectivity index (χ2v) is 6.52. The minimum absolute atomic E-state index is 0.0497. The lowest BCUT2D eigenvalue weighted by atomic mass is 9.85. The van der Waals surface area contributed by atoms with Gasteiger partial charge in [-0.1, -0.05) is 30.4 Å². The number of ether oxygens (including phenoxy) is 1. The highest BCUT2D eigenvalue weighted by Gasteiger charge is 2.18. The van der Waals surface area contributed by atoms with E-state index < -0.39 is 6.10 Å². The molecule has 2 rings (SSSR count). The normalized spacial score (nSPS) is 23.3. The van der Waals surface area contributed by atoms with Crippen molar-refractivity contribution in [3.05, 3.63) is 32.9 Å². The fourth-order valence-electron chi connectivity index (χ4n) is 2.43. The van der Waals surface area contributed by atoms with E-state index in [0.29, 0.717) is 38.1 Å². The summed E-state index contributed by atoms with van der Waals surface area (Å²) in [7, 11) is 0. The second-order valence-electron chi connectivity index (χ2n) is 5.68. The van der Waals surface area contributed by atoms with Gasteiger partial charge >= 0.3 is 4.87 Å². The van der Waals surface area contributed by atoms with Crippen LogP contribution in [0.15, 0.2) is 22.3 Å². The molecule has 6 heteroatoms. The first-order chi connectivity index (χ1) is 10.1. The van der Waals surface area contributed by atoms with E-state index in [1.54, 1.807) is 5.38 Å². The molecule has 1 aromatic heterocycles. The molecule has 0 aromatic carbocycles. The Balaban J connectivity index is 1.56. The van der Waals surface area contributed by atoms with Gasteiger partial charge in [-0.3, -0.25) is 4.79 Å². The summed E-state index contributed by atoms with van der Waals surface area (Å²) in [4.78, 5) is 13.6. The van der Waals surface area contributed by atoms with Crippen LogP contribution >= 0.6 is 11.3 Å². The zero-order chi connectivity index (χ0) is 15.1. The minimum Gasteiger partial charge on any atom is -0.389 e. The Bertz CT molecular complexity index is 497. The van der Waals surface area contributed by atoms with E-state index in [4.69, 9.17) is 4.74 Å². The van der Waals surface area contributed by atoms with Crippen molar-refractivity contribution in [2.75, 3.05) is 19.8 Å². The van der Waals surface area contributed by atoms with Gasteiger partial charge in [-0.25, -0.2) is 0 Å². The highest BCUT2D eigenvalue weighted by atomic mass is 32.1. The average Bonchev–Trinajstić information content (AvgIpc) is 2.87. The first kappa shape index (κ1) is 16.4. The van der Waals surface area contributed by atoms with Crippen molar-refractivity contribution >= 4 is 11.3 Å². The van der Waals surface area contributed by atoms with Crippen molar-refractivity contribution in [2.24, 2.45) is 11.8 Å². The zero-order valence-corrected chi connectivity index (χ0v) is 13.2. The Labute approximate surface area is 129 Å². The van der Waals surface area contributed by atoms with Crippen LogP contribution in [-0.4, -0.2) is 36.0 Å². The summed E-state index contributed by atoms with van der Waals surface area (Å²) in [5.41, 5.74) is 0.848. The SMILES string of the molecule is CC1CC=CCC1COCC(O)CNCc1csc(=O)[nH]1. The lowest BCUT2D eigenvalue weighted by molar-refractivity contribution is 0.0127. The van der Waals surface area contributed by atoms with Crippen LogP contribution in [0.5, 0.6) is 0 Å². The Morgan fingerprint density at radius 1 is 1.52 bits per heavy atom. The predicted octanol–water partition coefficient (Wildman–Crippen LogP) is 1.51. The number of thiazole rings is 1. The summed E-state index contributed by atoms with van der Waals surface area (Å²) in [6, 6.07) is 0. The highest BCUT2D eigenvalue weighted by Crippen LogP contribution is 2.24. The van der Waals surface area contributed by atoms with Gasteiger partial charge < -0.3 is 20.1 Å². The topological polar surface area (TPSA) is 74.3 Å². The Morgan fingerprint density at radius 2 is 2.33 bits per heavy atom. The quantitative estimate of drug-likeness (QED) is 0.636. The molecule has 0 spiro atoms. The second kappa shape index (κ2) is 8.48. The fraction of sp³-hybridized carbons (Fsp3) is 0.667. The third-order valence-corrected chi connectivity index (χ3v) is 4.55. The van der Waals surface area contributed by atoms with Crippen molar-refractivity contribution in [1.29, 1.82) is 0 Å². The number of nitrogens with one attached hydrogen (secondary N) is 2. The number of aromatic amines is 1. The largest absolute Gasteiger partial charge is 0.389 e. The Morgan fingerprint density at radius 3 is 3.05 bits per heavy atom. The molecule has 0 aliphatic heterocycles. The van der Waals surface area contributed by atoms with E-state index >= 15 is 0 Å². The van der Waals surface area contributed by atoms with Gasteiger partial charge in [0.2, 0.25) is 0 Å². The third-order valence-electron chi connectivity index (χ3n) is 3.83. The first-order valence-corrected chi connectivity index (χ1v) is 8.31. The van der Waals surface area contributed by atoms with Crippen LogP contribution in [0.25, 0.3) is 0 Å². The van der Waals surface area contributed by atoms with Gasteiger partial charge in [0.25, 0.3) is 0 Å². The molecule has 0 saturated heterocycles. The van der Waals surface area contributed by atoms with Crippen LogP contribution in [0.3, 0.4) is 0 Å². The smallest absolute Gasteiger partial charge is 0.304 e. The van der Waals surface area contributed by atoms with E-state index in [1.807, 2.05) is 0 Å². The standard InChI is InChI=1S/C15H24N2O3S/c1-11-4-2-3-5-12(11)8-20-9-14(18)7-16-6-13-10-21-15(19)17-13/h2-3,10-12,14,16,18H,4-9H2,1H3,(H,17,19). The summed E-state index contributed by atoms with van der Waals surface area (Å²) in [6.07, 6.45) is 6.12. The molecule has 0 bridgehead atoms. The molecule has 1 aromatic rings.